The summed E-state index contributed by atoms with van der Waals surface area (Å²) >= 11 is 0. The Balaban J connectivity index is 1.73. The molecule has 0 aliphatic carbocycles. The summed E-state index contributed by atoms with van der Waals surface area (Å²) in [5.74, 6) is 0.653. The fourth-order valence-electron chi connectivity index (χ4n) is 2.84. The molecule has 6 nitrogen and oxygen atoms in total. The van der Waals surface area contributed by atoms with Crippen molar-refractivity contribution in [2.75, 3.05) is 6.61 Å². The molecule has 0 spiro atoms. The van der Waals surface area contributed by atoms with Gasteiger partial charge in [0.1, 0.15) is 23.3 Å². The lowest BCUT2D eigenvalue weighted by atomic mass is 10.2. The molecule has 3 aromatic rings. The average Bonchev–Trinajstić information content (AvgIpc) is 2.76. The second-order valence-electron chi connectivity index (χ2n) is 6.97. The summed E-state index contributed by atoms with van der Waals surface area (Å²) in [7, 11) is 0. The van der Waals surface area contributed by atoms with Crippen LogP contribution in [0.1, 0.15) is 39.2 Å². The molecule has 0 unspecified atom stereocenters. The van der Waals surface area contributed by atoms with Gasteiger partial charge in [-0.25, -0.2) is 4.79 Å². The van der Waals surface area contributed by atoms with Crippen molar-refractivity contribution < 1.29 is 23.4 Å². The second-order valence-corrected chi connectivity index (χ2v) is 6.97. The number of carbonyl (C=O) groups excluding carboxylic acids is 1. The molecule has 30 heavy (non-hydrogen) atoms. The minimum atomic E-state index is -0.764. The first kappa shape index (κ1) is 21.4. The van der Waals surface area contributed by atoms with Crippen LogP contribution in [0.5, 0.6) is 17.2 Å². The molecule has 0 aliphatic heterocycles. The molecule has 6 heteroatoms. The van der Waals surface area contributed by atoms with Crippen molar-refractivity contribution in [2.45, 2.75) is 46.1 Å². The van der Waals surface area contributed by atoms with Crippen molar-refractivity contribution in [1.29, 1.82) is 0 Å². The third-order valence-electron chi connectivity index (χ3n) is 4.66. The van der Waals surface area contributed by atoms with Gasteiger partial charge in [0.05, 0.1) is 12.0 Å². The van der Waals surface area contributed by atoms with Crippen molar-refractivity contribution in [2.24, 2.45) is 0 Å². The van der Waals surface area contributed by atoms with Crippen LogP contribution in [-0.2, 0) is 16.0 Å². The second kappa shape index (κ2) is 9.96. The molecule has 0 aliphatic rings. The summed E-state index contributed by atoms with van der Waals surface area (Å²) in [6, 6.07) is 12.3. The summed E-state index contributed by atoms with van der Waals surface area (Å²) < 4.78 is 22.1. The summed E-state index contributed by atoms with van der Waals surface area (Å²) in [6.07, 6.45) is 3.21. The van der Waals surface area contributed by atoms with Gasteiger partial charge in [0.25, 0.3) is 0 Å². The van der Waals surface area contributed by atoms with Crippen LogP contribution in [0.2, 0.25) is 0 Å². The third-order valence-corrected chi connectivity index (χ3v) is 4.66. The number of hydrogen-bond donors (Lipinski definition) is 0. The van der Waals surface area contributed by atoms with E-state index in [0.717, 1.165) is 19.3 Å². The highest BCUT2D eigenvalue weighted by molar-refractivity contribution is 5.79. The van der Waals surface area contributed by atoms with Gasteiger partial charge in [0.2, 0.25) is 11.2 Å². The minimum Gasteiger partial charge on any atom is -0.479 e. The molecule has 0 fully saturated rings. The molecule has 0 amide bonds. The van der Waals surface area contributed by atoms with Gasteiger partial charge >= 0.3 is 5.97 Å². The standard InChI is InChI=1S/C24H26O6/c1-4-6-13-27-24(26)16(3)29-19-11-12-20-21(14-19)28-15-22(23(20)25)30-18-9-7-17(5-2)8-10-18/h7-12,14-16H,4-6,13H2,1-3H3/t16-/m0/s1. The number of unbranched alkanes of at least 4 members (excludes halogenated alkanes) is 1. The van der Waals surface area contributed by atoms with Crippen molar-refractivity contribution >= 4 is 16.9 Å². The van der Waals surface area contributed by atoms with Crippen LogP contribution in [0.4, 0.5) is 0 Å². The van der Waals surface area contributed by atoms with Gasteiger partial charge in [0.15, 0.2) is 6.10 Å². The Labute approximate surface area is 175 Å². The molecular formula is C24H26O6. The molecular weight excluding hydrogens is 384 g/mol. The number of hydrogen-bond acceptors (Lipinski definition) is 6. The normalized spacial score (nSPS) is 11.8. The van der Waals surface area contributed by atoms with E-state index in [0.29, 0.717) is 29.1 Å². The Bertz CT molecular complexity index is 1050. The van der Waals surface area contributed by atoms with Crippen molar-refractivity contribution in [1.82, 2.24) is 0 Å². The Hall–Kier alpha value is -3.28. The number of esters is 1. The summed E-state index contributed by atoms with van der Waals surface area (Å²) in [4.78, 5) is 24.7. The van der Waals surface area contributed by atoms with Gasteiger partial charge < -0.3 is 18.6 Å². The van der Waals surface area contributed by atoms with Crippen LogP contribution in [-0.4, -0.2) is 18.7 Å². The summed E-state index contributed by atoms with van der Waals surface area (Å²) in [6.45, 7) is 6.09. The topological polar surface area (TPSA) is 75.0 Å². The lowest BCUT2D eigenvalue weighted by Crippen LogP contribution is -2.26. The molecule has 3 rings (SSSR count). The van der Waals surface area contributed by atoms with E-state index in [1.807, 2.05) is 31.2 Å². The zero-order chi connectivity index (χ0) is 21.5. The lowest BCUT2D eigenvalue weighted by Gasteiger charge is -2.14. The number of fused-ring (bicyclic) bond motifs is 1. The van der Waals surface area contributed by atoms with E-state index in [9.17, 15) is 9.59 Å². The predicted molar refractivity (Wildman–Crippen MR) is 114 cm³/mol. The maximum atomic E-state index is 12.7. The van der Waals surface area contributed by atoms with E-state index in [2.05, 4.69) is 6.92 Å². The van der Waals surface area contributed by atoms with Crippen LogP contribution in [0.25, 0.3) is 11.0 Å². The van der Waals surface area contributed by atoms with Gasteiger partial charge in [-0.2, -0.15) is 0 Å². The molecule has 1 heterocycles. The largest absolute Gasteiger partial charge is 0.479 e. The van der Waals surface area contributed by atoms with E-state index in [-0.39, 0.29) is 11.2 Å². The highest BCUT2D eigenvalue weighted by atomic mass is 16.6. The molecule has 0 saturated carbocycles. The number of ether oxygens (including phenoxy) is 3. The minimum absolute atomic E-state index is 0.105. The number of aryl methyl sites for hydroxylation is 1. The fourth-order valence-corrected chi connectivity index (χ4v) is 2.84. The van der Waals surface area contributed by atoms with E-state index in [4.69, 9.17) is 18.6 Å². The van der Waals surface area contributed by atoms with Crippen molar-refractivity contribution in [3.63, 3.8) is 0 Å². The molecule has 0 radical (unpaired) electrons. The van der Waals surface area contributed by atoms with Crippen LogP contribution in [0.3, 0.4) is 0 Å². The number of benzene rings is 2. The highest BCUT2D eigenvalue weighted by Gasteiger charge is 2.17. The average molecular weight is 410 g/mol. The van der Waals surface area contributed by atoms with E-state index < -0.39 is 12.1 Å². The fraction of sp³-hybridized carbons (Fsp3) is 0.333. The first-order valence-electron chi connectivity index (χ1n) is 10.2. The highest BCUT2D eigenvalue weighted by Crippen LogP contribution is 2.25. The molecule has 2 aromatic carbocycles. The Morgan fingerprint density at radius 3 is 2.50 bits per heavy atom. The van der Waals surface area contributed by atoms with Gasteiger partial charge in [-0.15, -0.1) is 0 Å². The molecule has 1 atom stereocenters. The zero-order valence-corrected chi connectivity index (χ0v) is 17.5. The van der Waals surface area contributed by atoms with E-state index in [1.54, 1.807) is 25.1 Å². The van der Waals surface area contributed by atoms with Gasteiger partial charge in [-0.1, -0.05) is 32.4 Å². The van der Waals surface area contributed by atoms with E-state index in [1.165, 1.54) is 11.8 Å². The Morgan fingerprint density at radius 2 is 1.80 bits per heavy atom. The monoisotopic (exact) mass is 410 g/mol. The maximum Gasteiger partial charge on any atom is 0.347 e. The lowest BCUT2D eigenvalue weighted by molar-refractivity contribution is -0.151. The first-order chi connectivity index (χ1) is 14.5. The quantitative estimate of drug-likeness (QED) is 0.354. The van der Waals surface area contributed by atoms with Crippen LogP contribution in [0, 0.1) is 0 Å². The predicted octanol–water partition coefficient (Wildman–Crippen LogP) is 5.26. The summed E-state index contributed by atoms with van der Waals surface area (Å²) in [5, 5.41) is 0.364. The Morgan fingerprint density at radius 1 is 1.07 bits per heavy atom. The zero-order valence-electron chi connectivity index (χ0n) is 17.5. The number of rotatable bonds is 9. The van der Waals surface area contributed by atoms with Gasteiger partial charge in [0, 0.05) is 6.07 Å². The molecule has 0 saturated heterocycles. The van der Waals surface area contributed by atoms with Crippen LogP contribution >= 0.6 is 0 Å². The third kappa shape index (κ3) is 5.20. The van der Waals surface area contributed by atoms with E-state index >= 15 is 0 Å². The van der Waals surface area contributed by atoms with Crippen molar-refractivity contribution in [3.8, 4) is 17.2 Å². The van der Waals surface area contributed by atoms with Gasteiger partial charge in [-0.3, -0.25) is 4.79 Å². The molecule has 158 valence electrons. The summed E-state index contributed by atoms with van der Waals surface area (Å²) in [5.41, 5.74) is 1.25. The maximum absolute atomic E-state index is 12.7. The number of carbonyl (C=O) groups is 1. The molecule has 0 bridgehead atoms. The van der Waals surface area contributed by atoms with Crippen LogP contribution < -0.4 is 14.9 Å². The van der Waals surface area contributed by atoms with Gasteiger partial charge in [-0.05, 0) is 49.6 Å². The Kier molecular flexibility index (Phi) is 7.12. The molecule has 1 aromatic heterocycles. The first-order valence-corrected chi connectivity index (χ1v) is 10.2. The SMILES string of the molecule is CCCCOC(=O)[C@H](C)Oc1ccc2c(=O)c(Oc3ccc(CC)cc3)coc2c1. The van der Waals surface area contributed by atoms with Crippen molar-refractivity contribution in [3.05, 3.63) is 64.5 Å². The smallest absolute Gasteiger partial charge is 0.347 e. The van der Waals surface area contributed by atoms with Crippen LogP contribution in [0.15, 0.2) is 57.9 Å². The molecule has 0 N–H and O–H groups in total.